The van der Waals surface area contributed by atoms with E-state index < -0.39 is 0 Å². The van der Waals surface area contributed by atoms with E-state index >= 15 is 0 Å². The summed E-state index contributed by atoms with van der Waals surface area (Å²) in [5, 5.41) is 0. The van der Waals surface area contributed by atoms with E-state index in [2.05, 4.69) is 9.97 Å². The Bertz CT molecular complexity index is 1150. The van der Waals surface area contributed by atoms with Crippen molar-refractivity contribution in [1.29, 1.82) is 0 Å². The Morgan fingerprint density at radius 1 is 1.07 bits per heavy atom. The Labute approximate surface area is 161 Å². The molecular formula is C22H17FN4O. The van der Waals surface area contributed by atoms with Gasteiger partial charge in [0.2, 0.25) is 0 Å². The van der Waals surface area contributed by atoms with Gasteiger partial charge in [0.1, 0.15) is 11.5 Å². The van der Waals surface area contributed by atoms with Gasteiger partial charge in [0.15, 0.2) is 0 Å². The van der Waals surface area contributed by atoms with Gasteiger partial charge in [-0.1, -0.05) is 12.1 Å². The van der Waals surface area contributed by atoms with Crippen LogP contribution in [0.15, 0.2) is 67.3 Å². The fraction of sp³-hybridized carbons (Fsp3) is 0.136. The third-order valence-electron chi connectivity index (χ3n) is 5.15. The summed E-state index contributed by atoms with van der Waals surface area (Å²) in [6, 6.07) is 12.6. The van der Waals surface area contributed by atoms with Crippen LogP contribution in [0.2, 0.25) is 0 Å². The van der Waals surface area contributed by atoms with Crippen LogP contribution in [0.25, 0.3) is 16.8 Å². The number of carbonyl (C=O) groups excluding carboxylic acids is 1. The molecule has 4 heterocycles. The zero-order valence-electron chi connectivity index (χ0n) is 15.0. The second kappa shape index (κ2) is 6.56. The average molecular weight is 372 g/mol. The minimum Gasteiger partial charge on any atom is -0.334 e. The number of hydrogen-bond acceptors (Lipinski definition) is 3. The average Bonchev–Trinajstić information content (AvgIpc) is 3.29. The van der Waals surface area contributed by atoms with Crippen molar-refractivity contribution in [2.45, 2.75) is 13.0 Å². The van der Waals surface area contributed by atoms with Crippen LogP contribution in [0.5, 0.6) is 0 Å². The summed E-state index contributed by atoms with van der Waals surface area (Å²) in [5.41, 5.74) is 4.32. The van der Waals surface area contributed by atoms with Crippen LogP contribution in [0.3, 0.4) is 0 Å². The molecule has 0 fully saturated rings. The fourth-order valence-corrected chi connectivity index (χ4v) is 3.75. The monoisotopic (exact) mass is 372 g/mol. The van der Waals surface area contributed by atoms with Crippen LogP contribution in [-0.4, -0.2) is 31.7 Å². The van der Waals surface area contributed by atoms with Crippen LogP contribution in [0, 0.1) is 5.82 Å². The van der Waals surface area contributed by atoms with Gasteiger partial charge in [-0.3, -0.25) is 9.78 Å². The summed E-state index contributed by atoms with van der Waals surface area (Å²) >= 11 is 0. The van der Waals surface area contributed by atoms with Crippen LogP contribution in [0.1, 0.15) is 21.6 Å². The van der Waals surface area contributed by atoms with Crippen molar-refractivity contribution in [3.8, 4) is 11.1 Å². The predicted molar refractivity (Wildman–Crippen MR) is 103 cm³/mol. The van der Waals surface area contributed by atoms with Gasteiger partial charge < -0.3 is 9.30 Å². The maximum Gasteiger partial charge on any atom is 0.255 e. The molecule has 4 aromatic rings. The number of fused-ring (bicyclic) bond motifs is 2. The van der Waals surface area contributed by atoms with Crippen molar-refractivity contribution in [3.05, 3.63) is 89.9 Å². The first-order chi connectivity index (χ1) is 13.7. The zero-order chi connectivity index (χ0) is 19.1. The predicted octanol–water partition coefficient (Wildman–Crippen LogP) is 3.73. The number of carbonyl (C=O) groups is 1. The number of hydrogen-bond donors (Lipinski definition) is 0. The zero-order valence-corrected chi connectivity index (χ0v) is 15.0. The summed E-state index contributed by atoms with van der Waals surface area (Å²) in [7, 11) is 0. The first-order valence-corrected chi connectivity index (χ1v) is 9.14. The molecule has 0 unspecified atom stereocenters. The summed E-state index contributed by atoms with van der Waals surface area (Å²) < 4.78 is 16.4. The van der Waals surface area contributed by atoms with Gasteiger partial charge in [0.05, 0.1) is 11.3 Å². The van der Waals surface area contributed by atoms with Crippen molar-refractivity contribution >= 4 is 11.6 Å². The minimum atomic E-state index is -0.337. The van der Waals surface area contributed by atoms with Gasteiger partial charge in [-0.25, -0.2) is 9.37 Å². The summed E-state index contributed by atoms with van der Waals surface area (Å²) in [4.78, 5) is 23.3. The fourth-order valence-electron chi connectivity index (χ4n) is 3.75. The second-order valence-corrected chi connectivity index (χ2v) is 6.86. The number of halogens is 1. The molecule has 6 heteroatoms. The molecule has 5 nitrogen and oxygen atoms in total. The van der Waals surface area contributed by atoms with Gasteiger partial charge in [-0.05, 0) is 41.5 Å². The van der Waals surface area contributed by atoms with Crippen LogP contribution < -0.4 is 0 Å². The molecular weight excluding hydrogens is 355 g/mol. The highest BCUT2D eigenvalue weighted by Crippen LogP contribution is 2.34. The standard InChI is InChI=1S/C22H17FN4O/c23-19-5-4-17(15-6-9-24-10-7-15)21-18(19)14-27(22(21)28)12-8-16-13-26-11-2-1-3-20(26)25-16/h1-7,9-11,13H,8,12,14H2. The van der Waals surface area contributed by atoms with Crippen molar-refractivity contribution in [1.82, 2.24) is 19.3 Å². The molecule has 3 aromatic heterocycles. The number of pyridine rings is 2. The number of amides is 1. The first kappa shape index (κ1) is 16.6. The van der Waals surface area contributed by atoms with Crippen LogP contribution in [0.4, 0.5) is 4.39 Å². The number of nitrogens with zero attached hydrogens (tertiary/aromatic N) is 4. The van der Waals surface area contributed by atoms with Crippen LogP contribution >= 0.6 is 0 Å². The van der Waals surface area contributed by atoms with E-state index in [0.29, 0.717) is 24.1 Å². The summed E-state index contributed by atoms with van der Waals surface area (Å²) in [6.07, 6.45) is 7.87. The smallest absolute Gasteiger partial charge is 0.255 e. The van der Waals surface area contributed by atoms with E-state index in [-0.39, 0.29) is 18.3 Å². The lowest BCUT2D eigenvalue weighted by Crippen LogP contribution is -2.26. The van der Waals surface area contributed by atoms with Gasteiger partial charge >= 0.3 is 0 Å². The van der Waals surface area contributed by atoms with E-state index in [9.17, 15) is 9.18 Å². The van der Waals surface area contributed by atoms with Crippen LogP contribution in [-0.2, 0) is 13.0 Å². The third-order valence-corrected chi connectivity index (χ3v) is 5.15. The van der Waals surface area contributed by atoms with E-state index in [1.54, 1.807) is 23.4 Å². The number of imidazole rings is 1. The lowest BCUT2D eigenvalue weighted by molar-refractivity contribution is 0.0780. The van der Waals surface area contributed by atoms with E-state index in [1.807, 2.05) is 47.1 Å². The highest BCUT2D eigenvalue weighted by atomic mass is 19.1. The number of aromatic nitrogens is 3. The molecule has 0 saturated heterocycles. The topological polar surface area (TPSA) is 50.5 Å². The van der Waals surface area contributed by atoms with Gasteiger partial charge in [0, 0.05) is 49.9 Å². The van der Waals surface area contributed by atoms with Gasteiger partial charge in [-0.15, -0.1) is 0 Å². The Hall–Kier alpha value is -3.54. The molecule has 0 atom stereocenters. The van der Waals surface area contributed by atoms with E-state index in [4.69, 9.17) is 0 Å². The molecule has 28 heavy (non-hydrogen) atoms. The van der Waals surface area contributed by atoms with Gasteiger partial charge in [0.25, 0.3) is 5.91 Å². The van der Waals surface area contributed by atoms with Crippen molar-refractivity contribution < 1.29 is 9.18 Å². The SMILES string of the molecule is O=C1c2c(-c3ccncc3)ccc(F)c2CN1CCc1cn2ccccc2n1. The quantitative estimate of drug-likeness (QED) is 0.548. The van der Waals surface area contributed by atoms with Crippen molar-refractivity contribution in [2.24, 2.45) is 0 Å². The Balaban J connectivity index is 1.42. The maximum absolute atomic E-state index is 14.4. The molecule has 0 saturated carbocycles. The third kappa shape index (κ3) is 2.74. The lowest BCUT2D eigenvalue weighted by atomic mass is 9.97. The van der Waals surface area contributed by atoms with Crippen molar-refractivity contribution in [2.75, 3.05) is 6.54 Å². The molecule has 5 rings (SSSR count). The Morgan fingerprint density at radius 3 is 2.75 bits per heavy atom. The molecule has 1 aromatic carbocycles. The molecule has 1 aliphatic heterocycles. The number of rotatable bonds is 4. The van der Waals surface area contributed by atoms with E-state index in [0.717, 1.165) is 22.5 Å². The summed E-state index contributed by atoms with van der Waals surface area (Å²) in [6.45, 7) is 0.777. The molecule has 0 N–H and O–H groups in total. The molecule has 1 aliphatic rings. The Kier molecular flexibility index (Phi) is 3.90. The van der Waals surface area contributed by atoms with Crippen molar-refractivity contribution in [3.63, 3.8) is 0 Å². The molecule has 138 valence electrons. The molecule has 0 aliphatic carbocycles. The summed E-state index contributed by atoms with van der Waals surface area (Å²) in [5.74, 6) is -0.471. The first-order valence-electron chi connectivity index (χ1n) is 9.14. The normalized spacial score (nSPS) is 13.3. The minimum absolute atomic E-state index is 0.134. The lowest BCUT2D eigenvalue weighted by Gasteiger charge is -2.14. The number of benzene rings is 1. The molecule has 0 spiro atoms. The van der Waals surface area contributed by atoms with E-state index in [1.165, 1.54) is 6.07 Å². The molecule has 0 bridgehead atoms. The molecule has 0 radical (unpaired) electrons. The maximum atomic E-state index is 14.4. The second-order valence-electron chi connectivity index (χ2n) is 6.86. The molecule has 1 amide bonds. The van der Waals surface area contributed by atoms with Gasteiger partial charge in [-0.2, -0.15) is 0 Å². The Morgan fingerprint density at radius 2 is 1.93 bits per heavy atom. The highest BCUT2D eigenvalue weighted by molar-refractivity contribution is 6.04. The largest absolute Gasteiger partial charge is 0.334 e. The highest BCUT2D eigenvalue weighted by Gasteiger charge is 2.32.